The van der Waals surface area contributed by atoms with E-state index < -0.39 is 27.5 Å². The first kappa shape index (κ1) is 13.5. The van der Waals surface area contributed by atoms with E-state index in [1.54, 1.807) is 0 Å². The van der Waals surface area contributed by atoms with E-state index in [4.69, 9.17) is 9.84 Å². The van der Waals surface area contributed by atoms with E-state index in [2.05, 4.69) is 0 Å². The van der Waals surface area contributed by atoms with E-state index in [1.165, 1.54) is 38.3 Å². The first-order valence-electron chi connectivity index (χ1n) is 4.96. The first-order valence-corrected chi connectivity index (χ1v) is 6.61. The molecule has 0 unspecified atom stereocenters. The minimum absolute atomic E-state index is 0.103. The molecule has 0 aliphatic carbocycles. The number of ether oxygens (including phenoxy) is 1. The average Bonchev–Trinajstić information content (AvgIpc) is 2.28. The van der Waals surface area contributed by atoms with Crippen LogP contribution in [0.5, 0.6) is 5.75 Å². The van der Waals surface area contributed by atoms with Crippen molar-refractivity contribution in [2.24, 2.45) is 5.92 Å². The molecule has 0 amide bonds. The lowest BCUT2D eigenvalue weighted by Gasteiger charge is -2.08. The molecule has 6 heteroatoms. The topological polar surface area (TPSA) is 80.7 Å². The van der Waals surface area contributed by atoms with Crippen molar-refractivity contribution < 1.29 is 23.1 Å². The van der Waals surface area contributed by atoms with E-state index in [1.807, 2.05) is 0 Å². The fourth-order valence-electron chi connectivity index (χ4n) is 1.28. The van der Waals surface area contributed by atoms with Crippen LogP contribution in [-0.4, -0.2) is 32.4 Å². The van der Waals surface area contributed by atoms with Crippen LogP contribution in [0.4, 0.5) is 0 Å². The third-order valence-corrected chi connectivity index (χ3v) is 4.24. The first-order chi connectivity index (χ1) is 7.86. The van der Waals surface area contributed by atoms with Crippen LogP contribution < -0.4 is 4.74 Å². The maximum Gasteiger partial charge on any atom is 0.307 e. The van der Waals surface area contributed by atoms with Crippen LogP contribution in [0.3, 0.4) is 0 Å². The van der Waals surface area contributed by atoms with Gasteiger partial charge in [-0.3, -0.25) is 4.79 Å². The molecule has 0 spiro atoms. The Balaban J connectivity index is 2.93. The fraction of sp³-hybridized carbons (Fsp3) is 0.364. The molecule has 0 heterocycles. The van der Waals surface area contributed by atoms with Crippen LogP contribution in [-0.2, 0) is 14.6 Å². The molecule has 5 nitrogen and oxygen atoms in total. The molecule has 0 saturated heterocycles. The van der Waals surface area contributed by atoms with Gasteiger partial charge in [0, 0.05) is 0 Å². The highest BCUT2D eigenvalue weighted by Gasteiger charge is 2.22. The van der Waals surface area contributed by atoms with Gasteiger partial charge in [-0.1, -0.05) is 6.92 Å². The lowest BCUT2D eigenvalue weighted by atomic mass is 10.2. The summed E-state index contributed by atoms with van der Waals surface area (Å²) in [5.41, 5.74) is 0. The summed E-state index contributed by atoms with van der Waals surface area (Å²) in [4.78, 5) is 10.7. The number of carboxylic acid groups (broad SMARTS) is 1. The van der Waals surface area contributed by atoms with Crippen LogP contribution >= 0.6 is 0 Å². The Labute approximate surface area is 100.0 Å². The smallest absolute Gasteiger partial charge is 0.307 e. The number of carboxylic acids is 1. The van der Waals surface area contributed by atoms with Crippen molar-refractivity contribution in [2.75, 3.05) is 12.9 Å². The van der Waals surface area contributed by atoms with Gasteiger partial charge in [0.15, 0.2) is 9.84 Å². The molecule has 1 aromatic carbocycles. The fourth-order valence-corrected chi connectivity index (χ4v) is 2.82. The highest BCUT2D eigenvalue weighted by molar-refractivity contribution is 7.91. The molecule has 1 atom stereocenters. The Morgan fingerprint density at radius 2 is 1.88 bits per heavy atom. The summed E-state index contributed by atoms with van der Waals surface area (Å²) < 4.78 is 28.6. The van der Waals surface area contributed by atoms with Crippen molar-refractivity contribution in [1.29, 1.82) is 0 Å². The monoisotopic (exact) mass is 258 g/mol. The number of carbonyl (C=O) groups is 1. The highest BCUT2D eigenvalue weighted by atomic mass is 32.2. The zero-order valence-electron chi connectivity index (χ0n) is 9.58. The minimum atomic E-state index is -3.57. The summed E-state index contributed by atoms with van der Waals surface area (Å²) in [6.45, 7) is 1.36. The van der Waals surface area contributed by atoms with Gasteiger partial charge in [-0.25, -0.2) is 8.42 Å². The second-order valence-electron chi connectivity index (χ2n) is 3.70. The summed E-state index contributed by atoms with van der Waals surface area (Å²) in [7, 11) is -2.08. The number of benzene rings is 1. The number of rotatable bonds is 5. The number of sulfone groups is 1. The van der Waals surface area contributed by atoms with Crippen molar-refractivity contribution in [3.63, 3.8) is 0 Å². The summed E-state index contributed by atoms with van der Waals surface area (Å²) >= 11 is 0. The van der Waals surface area contributed by atoms with Crippen molar-refractivity contribution in [3.05, 3.63) is 24.3 Å². The molecule has 1 rings (SSSR count). The third-order valence-electron chi connectivity index (χ3n) is 2.31. The summed E-state index contributed by atoms with van der Waals surface area (Å²) in [6, 6.07) is 5.86. The molecule has 0 radical (unpaired) electrons. The molecule has 1 aromatic rings. The van der Waals surface area contributed by atoms with E-state index >= 15 is 0 Å². The summed E-state index contributed by atoms with van der Waals surface area (Å²) in [5.74, 6) is -1.91. The molecule has 0 saturated carbocycles. The van der Waals surface area contributed by atoms with Crippen molar-refractivity contribution in [1.82, 2.24) is 0 Å². The second kappa shape index (κ2) is 5.18. The lowest BCUT2D eigenvalue weighted by Crippen LogP contribution is -2.21. The highest BCUT2D eigenvalue weighted by Crippen LogP contribution is 2.18. The lowest BCUT2D eigenvalue weighted by molar-refractivity contribution is -0.140. The third kappa shape index (κ3) is 3.45. The van der Waals surface area contributed by atoms with Gasteiger partial charge in [-0.2, -0.15) is 0 Å². The molecule has 0 aliphatic heterocycles. The number of hydrogen-bond acceptors (Lipinski definition) is 4. The second-order valence-corrected chi connectivity index (χ2v) is 5.73. The average molecular weight is 258 g/mol. The van der Waals surface area contributed by atoms with Crippen molar-refractivity contribution in [3.8, 4) is 5.75 Å². The largest absolute Gasteiger partial charge is 0.497 e. The number of aliphatic carboxylic acids is 1. The van der Waals surface area contributed by atoms with E-state index in [9.17, 15) is 13.2 Å². The normalized spacial score (nSPS) is 13.1. The van der Waals surface area contributed by atoms with Gasteiger partial charge >= 0.3 is 5.97 Å². The van der Waals surface area contributed by atoms with Gasteiger partial charge in [0.25, 0.3) is 0 Å². The van der Waals surface area contributed by atoms with E-state index in [-0.39, 0.29) is 4.90 Å². The van der Waals surface area contributed by atoms with Crippen LogP contribution in [0, 0.1) is 5.92 Å². The molecule has 0 fully saturated rings. The molecule has 0 bridgehead atoms. The van der Waals surface area contributed by atoms with Gasteiger partial charge in [0.05, 0.1) is 23.7 Å². The van der Waals surface area contributed by atoms with E-state index in [0.717, 1.165) is 0 Å². The standard InChI is InChI=1S/C11H14O5S/c1-8(11(12)13)7-17(14,15)10-5-3-9(16-2)4-6-10/h3-6,8H,7H2,1-2H3,(H,12,13)/t8-/m0/s1. The summed E-state index contributed by atoms with van der Waals surface area (Å²) in [5, 5.41) is 8.69. The van der Waals surface area contributed by atoms with Gasteiger partial charge in [-0.05, 0) is 24.3 Å². The SMILES string of the molecule is COc1ccc(S(=O)(=O)C[C@H](C)C(=O)O)cc1. The Morgan fingerprint density at radius 3 is 2.29 bits per heavy atom. The van der Waals surface area contributed by atoms with Crippen LogP contribution in [0.1, 0.15) is 6.92 Å². The minimum Gasteiger partial charge on any atom is -0.497 e. The predicted molar refractivity (Wildman–Crippen MR) is 61.8 cm³/mol. The summed E-state index contributed by atoms with van der Waals surface area (Å²) in [6.07, 6.45) is 0. The Morgan fingerprint density at radius 1 is 1.35 bits per heavy atom. The van der Waals surface area contributed by atoms with Crippen LogP contribution in [0.25, 0.3) is 0 Å². The molecule has 0 aliphatic rings. The molecule has 0 aromatic heterocycles. The van der Waals surface area contributed by atoms with Crippen molar-refractivity contribution >= 4 is 15.8 Å². The predicted octanol–water partition coefficient (Wildman–Crippen LogP) is 1.19. The van der Waals surface area contributed by atoms with E-state index in [0.29, 0.717) is 5.75 Å². The Kier molecular flexibility index (Phi) is 4.11. The number of methoxy groups -OCH3 is 1. The molecular formula is C11H14O5S. The van der Waals surface area contributed by atoms with Gasteiger partial charge < -0.3 is 9.84 Å². The maximum absolute atomic E-state index is 11.8. The van der Waals surface area contributed by atoms with Crippen LogP contribution in [0.2, 0.25) is 0 Å². The Bertz CT molecular complexity index is 489. The Hall–Kier alpha value is -1.56. The maximum atomic E-state index is 11.8. The van der Waals surface area contributed by atoms with Gasteiger partial charge in [-0.15, -0.1) is 0 Å². The molecule has 94 valence electrons. The molecule has 17 heavy (non-hydrogen) atoms. The van der Waals surface area contributed by atoms with Crippen LogP contribution in [0.15, 0.2) is 29.2 Å². The zero-order chi connectivity index (χ0) is 13.1. The number of hydrogen-bond donors (Lipinski definition) is 1. The molecule has 1 N–H and O–H groups in total. The molecular weight excluding hydrogens is 244 g/mol. The quantitative estimate of drug-likeness (QED) is 0.858. The van der Waals surface area contributed by atoms with Crippen molar-refractivity contribution in [2.45, 2.75) is 11.8 Å². The van der Waals surface area contributed by atoms with Gasteiger partial charge in [0.1, 0.15) is 5.75 Å². The zero-order valence-corrected chi connectivity index (χ0v) is 10.4. The van der Waals surface area contributed by atoms with Gasteiger partial charge in [0.2, 0.25) is 0 Å².